The molecule has 3 aliphatic rings. The third kappa shape index (κ3) is 2.86. The number of hydrogen-bond acceptors (Lipinski definition) is 3. The number of rotatable bonds is 4. The number of carbonyl (C=O) groups excluding carboxylic acids is 1. The summed E-state index contributed by atoms with van der Waals surface area (Å²) in [6.07, 6.45) is 7.98. The van der Waals surface area contributed by atoms with Gasteiger partial charge in [-0.1, -0.05) is 25.0 Å². The number of hydrogen-bond donors (Lipinski definition) is 2. The van der Waals surface area contributed by atoms with E-state index in [-0.39, 0.29) is 23.7 Å². The van der Waals surface area contributed by atoms with Crippen LogP contribution in [0.3, 0.4) is 0 Å². The van der Waals surface area contributed by atoms with E-state index in [1.54, 1.807) is 7.11 Å². The molecule has 1 aliphatic carbocycles. The van der Waals surface area contributed by atoms with Crippen LogP contribution in [0.25, 0.3) is 0 Å². The van der Waals surface area contributed by atoms with E-state index in [0.717, 1.165) is 50.7 Å². The molecule has 0 radical (unpaired) electrons. The van der Waals surface area contributed by atoms with Crippen molar-refractivity contribution in [2.75, 3.05) is 7.11 Å². The zero-order valence-electron chi connectivity index (χ0n) is 14.2. The highest BCUT2D eigenvalue weighted by Crippen LogP contribution is 2.39. The van der Waals surface area contributed by atoms with Crippen LogP contribution in [0.2, 0.25) is 0 Å². The number of fused-ring (bicyclic) bond motifs is 2. The van der Waals surface area contributed by atoms with Gasteiger partial charge in [0, 0.05) is 0 Å². The molecule has 130 valence electrons. The molecule has 2 N–H and O–H groups in total. The van der Waals surface area contributed by atoms with Crippen molar-refractivity contribution in [3.63, 3.8) is 0 Å². The second-order valence-corrected chi connectivity index (χ2v) is 7.33. The topological polar surface area (TPSA) is 59.6 Å². The van der Waals surface area contributed by atoms with Crippen molar-refractivity contribution >= 4 is 6.03 Å². The molecular formula is C19H26N2O3. The maximum absolute atomic E-state index is 12.6. The molecule has 24 heavy (non-hydrogen) atoms. The minimum Gasteiger partial charge on any atom is -0.497 e. The molecule has 1 aromatic rings. The first-order valence-electron chi connectivity index (χ1n) is 9.07. The highest BCUT2D eigenvalue weighted by atomic mass is 16.5. The average molecular weight is 330 g/mol. The molecule has 2 amide bonds. The maximum atomic E-state index is 12.6. The van der Waals surface area contributed by atoms with Gasteiger partial charge in [0.25, 0.3) is 0 Å². The van der Waals surface area contributed by atoms with Crippen LogP contribution in [0, 0.1) is 0 Å². The number of ether oxygens (including phenoxy) is 2. The third-order valence-corrected chi connectivity index (χ3v) is 5.88. The second-order valence-electron chi connectivity index (χ2n) is 7.33. The van der Waals surface area contributed by atoms with Gasteiger partial charge in [-0.05, 0) is 49.8 Å². The van der Waals surface area contributed by atoms with E-state index in [9.17, 15) is 4.79 Å². The number of urea groups is 1. The van der Waals surface area contributed by atoms with Crippen LogP contribution in [0.4, 0.5) is 4.79 Å². The Morgan fingerprint density at radius 3 is 2.54 bits per heavy atom. The minimum atomic E-state index is -0.255. The van der Waals surface area contributed by atoms with Crippen molar-refractivity contribution in [3.05, 3.63) is 29.8 Å². The largest absolute Gasteiger partial charge is 0.497 e. The van der Waals surface area contributed by atoms with Crippen LogP contribution >= 0.6 is 0 Å². The summed E-state index contributed by atoms with van der Waals surface area (Å²) >= 11 is 0. The van der Waals surface area contributed by atoms with E-state index in [4.69, 9.17) is 9.47 Å². The number of methoxy groups -OCH3 is 1. The molecule has 3 fully saturated rings. The van der Waals surface area contributed by atoms with Gasteiger partial charge in [-0.25, -0.2) is 4.79 Å². The van der Waals surface area contributed by atoms with E-state index in [2.05, 4.69) is 22.8 Å². The lowest BCUT2D eigenvalue weighted by Crippen LogP contribution is -2.52. The van der Waals surface area contributed by atoms with Gasteiger partial charge in [0.05, 0.1) is 30.9 Å². The van der Waals surface area contributed by atoms with Crippen molar-refractivity contribution in [1.82, 2.24) is 10.6 Å². The lowest BCUT2D eigenvalue weighted by molar-refractivity contribution is 0.0978. The standard InChI is InChI=1S/C19H26N2O3/c1-23-14-6-4-13(5-7-14)19(10-2-3-11-19)21-18(22)20-16-12-15-8-9-17(16)24-15/h4-7,15-17H,2-3,8-12H2,1H3,(H2,20,21,22)/t15-,16-,17-/m1/s1. The number of amides is 2. The summed E-state index contributed by atoms with van der Waals surface area (Å²) in [7, 11) is 1.67. The number of nitrogens with one attached hydrogen (secondary N) is 2. The van der Waals surface area contributed by atoms with Crippen LogP contribution in [-0.4, -0.2) is 31.4 Å². The second kappa shape index (κ2) is 6.28. The van der Waals surface area contributed by atoms with Crippen LogP contribution in [0.5, 0.6) is 5.75 Å². The van der Waals surface area contributed by atoms with E-state index in [1.807, 2.05) is 12.1 Å². The van der Waals surface area contributed by atoms with Crippen molar-refractivity contribution in [2.45, 2.75) is 68.7 Å². The van der Waals surface area contributed by atoms with Crippen molar-refractivity contribution in [2.24, 2.45) is 0 Å². The Kier molecular flexibility index (Phi) is 4.12. The summed E-state index contributed by atoms with van der Waals surface area (Å²) in [5.74, 6) is 0.843. The Labute approximate surface area is 143 Å². The van der Waals surface area contributed by atoms with Gasteiger partial charge in [-0.3, -0.25) is 0 Å². The van der Waals surface area contributed by atoms with Crippen molar-refractivity contribution < 1.29 is 14.3 Å². The lowest BCUT2D eigenvalue weighted by atomic mass is 9.88. The first kappa shape index (κ1) is 15.8. The minimum absolute atomic E-state index is 0.0612. The Morgan fingerprint density at radius 2 is 1.96 bits per heavy atom. The SMILES string of the molecule is COc1ccc(C2(NC(=O)N[C@@H]3C[C@H]4CC[C@H]3O4)CCCC2)cc1. The summed E-state index contributed by atoms with van der Waals surface area (Å²) in [6, 6.07) is 8.19. The third-order valence-electron chi connectivity index (χ3n) is 5.88. The molecule has 0 spiro atoms. The fourth-order valence-electron chi connectivity index (χ4n) is 4.59. The molecule has 5 nitrogen and oxygen atoms in total. The molecule has 2 aliphatic heterocycles. The van der Waals surface area contributed by atoms with Gasteiger partial charge in [0.15, 0.2) is 0 Å². The van der Waals surface area contributed by atoms with Gasteiger partial charge in [0.2, 0.25) is 0 Å². The maximum Gasteiger partial charge on any atom is 0.315 e. The fraction of sp³-hybridized carbons (Fsp3) is 0.632. The number of carbonyl (C=O) groups is 1. The van der Waals surface area contributed by atoms with Gasteiger partial charge in [0.1, 0.15) is 5.75 Å². The molecule has 4 rings (SSSR count). The smallest absolute Gasteiger partial charge is 0.315 e. The highest BCUT2D eigenvalue weighted by Gasteiger charge is 2.43. The van der Waals surface area contributed by atoms with E-state index < -0.39 is 0 Å². The Balaban J connectivity index is 1.45. The quantitative estimate of drug-likeness (QED) is 0.892. The van der Waals surface area contributed by atoms with Crippen LogP contribution in [-0.2, 0) is 10.3 Å². The van der Waals surface area contributed by atoms with E-state index in [0.29, 0.717) is 6.10 Å². The Morgan fingerprint density at radius 1 is 1.21 bits per heavy atom. The molecule has 2 heterocycles. The summed E-state index contributed by atoms with van der Waals surface area (Å²) in [4.78, 5) is 12.6. The predicted octanol–water partition coefficient (Wildman–Crippen LogP) is 3.08. The van der Waals surface area contributed by atoms with Gasteiger partial charge < -0.3 is 20.1 Å². The monoisotopic (exact) mass is 330 g/mol. The molecule has 3 atom stereocenters. The molecular weight excluding hydrogens is 304 g/mol. The lowest BCUT2D eigenvalue weighted by Gasteiger charge is -2.32. The van der Waals surface area contributed by atoms with Crippen LogP contribution < -0.4 is 15.4 Å². The van der Waals surface area contributed by atoms with Crippen LogP contribution in [0.1, 0.15) is 50.5 Å². The Bertz CT molecular complexity index is 595. The average Bonchev–Trinajstić information content (AvgIpc) is 3.32. The normalized spacial score (nSPS) is 30.3. The first-order chi connectivity index (χ1) is 11.7. The summed E-state index contributed by atoms with van der Waals surface area (Å²) < 4.78 is 11.1. The molecule has 2 saturated heterocycles. The first-order valence-corrected chi connectivity index (χ1v) is 9.07. The van der Waals surface area contributed by atoms with Gasteiger partial charge in [-0.2, -0.15) is 0 Å². The number of benzene rings is 1. The van der Waals surface area contributed by atoms with Crippen molar-refractivity contribution in [3.8, 4) is 5.75 Å². The Hall–Kier alpha value is -1.75. The molecule has 2 bridgehead atoms. The fourth-order valence-corrected chi connectivity index (χ4v) is 4.59. The molecule has 5 heteroatoms. The highest BCUT2D eigenvalue weighted by molar-refractivity contribution is 5.75. The zero-order chi connectivity index (χ0) is 16.6. The summed E-state index contributed by atoms with van der Waals surface area (Å²) in [5, 5.41) is 6.44. The molecule has 0 unspecified atom stereocenters. The molecule has 1 aromatic carbocycles. The molecule has 1 saturated carbocycles. The van der Waals surface area contributed by atoms with Gasteiger partial charge >= 0.3 is 6.03 Å². The van der Waals surface area contributed by atoms with E-state index >= 15 is 0 Å². The summed E-state index contributed by atoms with van der Waals surface area (Å²) in [5.41, 5.74) is 0.912. The zero-order valence-corrected chi connectivity index (χ0v) is 14.2. The van der Waals surface area contributed by atoms with Gasteiger partial charge in [-0.15, -0.1) is 0 Å². The molecule has 0 aromatic heterocycles. The predicted molar refractivity (Wildman–Crippen MR) is 91.1 cm³/mol. The van der Waals surface area contributed by atoms with Crippen molar-refractivity contribution in [1.29, 1.82) is 0 Å². The van der Waals surface area contributed by atoms with E-state index in [1.165, 1.54) is 5.56 Å². The summed E-state index contributed by atoms with van der Waals surface area (Å²) in [6.45, 7) is 0. The van der Waals surface area contributed by atoms with Crippen LogP contribution in [0.15, 0.2) is 24.3 Å².